The van der Waals surface area contributed by atoms with E-state index >= 15 is 0 Å². The van der Waals surface area contributed by atoms with E-state index in [9.17, 15) is 22.8 Å². The number of nitrogens with zero attached hydrogens (tertiary/aromatic N) is 5. The van der Waals surface area contributed by atoms with E-state index in [1.54, 1.807) is 20.4 Å². The molecule has 39 heavy (non-hydrogen) atoms. The van der Waals surface area contributed by atoms with Gasteiger partial charge in [0, 0.05) is 49.0 Å². The van der Waals surface area contributed by atoms with Gasteiger partial charge in [-0.3, -0.25) is 29.5 Å². The average Bonchev–Trinajstić information content (AvgIpc) is 3.24. The van der Waals surface area contributed by atoms with E-state index in [4.69, 9.17) is 9.47 Å². The predicted molar refractivity (Wildman–Crippen MR) is 137 cm³/mol. The Balaban J connectivity index is 1.30. The van der Waals surface area contributed by atoms with E-state index in [-0.39, 0.29) is 24.3 Å². The molecular weight excluding hydrogens is 515 g/mol. The van der Waals surface area contributed by atoms with Crippen molar-refractivity contribution in [3.8, 4) is 11.5 Å². The summed E-state index contributed by atoms with van der Waals surface area (Å²) in [5, 5.41) is 0.944. The van der Waals surface area contributed by atoms with Crippen LogP contribution >= 0.6 is 0 Å². The van der Waals surface area contributed by atoms with E-state index in [0.29, 0.717) is 43.6 Å². The molecule has 1 aromatic carbocycles. The van der Waals surface area contributed by atoms with Gasteiger partial charge in [-0.15, -0.1) is 0 Å². The third-order valence-corrected chi connectivity index (χ3v) is 7.50. The van der Waals surface area contributed by atoms with Crippen molar-refractivity contribution >= 4 is 28.5 Å². The zero-order chi connectivity index (χ0) is 27.9. The number of anilines is 1. The molecule has 2 fully saturated rings. The summed E-state index contributed by atoms with van der Waals surface area (Å²) in [6, 6.07) is 5.64. The molecule has 2 saturated heterocycles. The zero-order valence-corrected chi connectivity index (χ0v) is 21.7. The van der Waals surface area contributed by atoms with Gasteiger partial charge in [0.15, 0.2) is 11.5 Å². The zero-order valence-electron chi connectivity index (χ0n) is 21.7. The first-order chi connectivity index (χ1) is 18.6. The van der Waals surface area contributed by atoms with Gasteiger partial charge >= 0.3 is 12.2 Å². The molecule has 206 valence electrons. The Morgan fingerprint density at radius 1 is 1.03 bits per heavy atom. The largest absolute Gasteiger partial charge is 0.493 e. The van der Waals surface area contributed by atoms with Gasteiger partial charge in [0.05, 0.1) is 37.2 Å². The predicted octanol–water partition coefficient (Wildman–Crippen LogP) is 4.66. The van der Waals surface area contributed by atoms with Crippen molar-refractivity contribution in [2.45, 2.75) is 38.0 Å². The number of pyridine rings is 2. The summed E-state index contributed by atoms with van der Waals surface area (Å²) in [6.07, 6.45) is 0.117. The Morgan fingerprint density at radius 2 is 1.72 bits per heavy atom. The number of benzene rings is 1. The number of halogens is 3. The number of rotatable bonds is 6. The molecule has 0 N–H and O–H groups in total. The molecule has 0 radical (unpaired) electrons. The molecule has 12 heteroatoms. The molecule has 9 nitrogen and oxygen atoms in total. The maximum atomic E-state index is 13.2. The van der Waals surface area contributed by atoms with E-state index in [0.717, 1.165) is 33.6 Å². The van der Waals surface area contributed by atoms with Crippen molar-refractivity contribution in [2.75, 3.05) is 38.8 Å². The number of alkyl halides is 3. The smallest absolute Gasteiger partial charge is 0.417 e. The molecule has 0 bridgehead atoms. The van der Waals surface area contributed by atoms with Crippen LogP contribution in [0.1, 0.15) is 36.9 Å². The van der Waals surface area contributed by atoms with Crippen LogP contribution in [0.4, 0.5) is 23.7 Å². The molecule has 3 aromatic rings. The SMILES string of the molecule is COc1cc2nccc(C(C)N3CCC(N4C(=O)CN(c5cncc(C(F)(F)F)c5)C4=O)CC3)c2cc1OC. The van der Waals surface area contributed by atoms with Gasteiger partial charge < -0.3 is 9.47 Å². The first-order valence-electron chi connectivity index (χ1n) is 12.5. The maximum absolute atomic E-state index is 13.2. The van der Waals surface area contributed by atoms with Crippen molar-refractivity contribution < 1.29 is 32.2 Å². The second-order valence-corrected chi connectivity index (χ2v) is 9.63. The van der Waals surface area contributed by atoms with Crippen LogP contribution in [0.25, 0.3) is 10.9 Å². The van der Waals surface area contributed by atoms with Crippen molar-refractivity contribution in [2.24, 2.45) is 0 Å². The number of likely N-dealkylation sites (tertiary alicyclic amines) is 1. The number of fused-ring (bicyclic) bond motifs is 1. The van der Waals surface area contributed by atoms with Crippen LogP contribution in [-0.4, -0.2) is 71.6 Å². The number of piperidine rings is 1. The maximum Gasteiger partial charge on any atom is 0.417 e. The van der Waals surface area contributed by atoms with Crippen LogP contribution in [-0.2, 0) is 11.0 Å². The monoisotopic (exact) mass is 543 g/mol. The van der Waals surface area contributed by atoms with Crippen LogP contribution < -0.4 is 14.4 Å². The first-order valence-corrected chi connectivity index (χ1v) is 12.5. The summed E-state index contributed by atoms with van der Waals surface area (Å²) < 4.78 is 50.3. The Hall–Kier alpha value is -3.93. The van der Waals surface area contributed by atoms with E-state index in [1.807, 2.05) is 18.2 Å². The highest BCUT2D eigenvalue weighted by molar-refractivity contribution is 6.12. The van der Waals surface area contributed by atoms with Crippen molar-refractivity contribution in [3.05, 3.63) is 54.0 Å². The number of imide groups is 1. The number of carbonyl (C=O) groups is 2. The highest BCUT2D eigenvalue weighted by atomic mass is 19.4. The lowest BCUT2D eigenvalue weighted by molar-refractivity contribution is -0.137. The van der Waals surface area contributed by atoms with Gasteiger partial charge in [-0.2, -0.15) is 13.2 Å². The summed E-state index contributed by atoms with van der Waals surface area (Å²) in [6.45, 7) is 3.04. The Kier molecular flexibility index (Phi) is 7.06. The van der Waals surface area contributed by atoms with Gasteiger partial charge in [-0.1, -0.05) is 0 Å². The number of hydrogen-bond donors (Lipinski definition) is 0. The summed E-state index contributed by atoms with van der Waals surface area (Å²) in [4.78, 5) is 38.6. The second kappa shape index (κ2) is 10.3. The van der Waals surface area contributed by atoms with E-state index in [1.165, 1.54) is 4.90 Å². The number of aromatic nitrogens is 2. The molecule has 5 rings (SSSR count). The highest BCUT2D eigenvalue weighted by Gasteiger charge is 2.43. The number of urea groups is 1. The van der Waals surface area contributed by atoms with Crippen molar-refractivity contribution in [1.82, 2.24) is 19.8 Å². The molecule has 3 amide bonds. The van der Waals surface area contributed by atoms with Gasteiger partial charge in [0.2, 0.25) is 0 Å². The van der Waals surface area contributed by atoms with Gasteiger partial charge in [0.25, 0.3) is 5.91 Å². The number of carbonyl (C=O) groups excluding carboxylic acids is 2. The van der Waals surface area contributed by atoms with Crippen molar-refractivity contribution in [3.63, 3.8) is 0 Å². The summed E-state index contributed by atoms with van der Waals surface area (Å²) in [5.41, 5.74) is 0.828. The number of amides is 3. The lowest BCUT2D eigenvalue weighted by Gasteiger charge is -2.38. The topological polar surface area (TPSA) is 88.1 Å². The molecule has 0 spiro atoms. The van der Waals surface area contributed by atoms with Gasteiger partial charge in [0.1, 0.15) is 6.54 Å². The fourth-order valence-corrected chi connectivity index (χ4v) is 5.39. The van der Waals surface area contributed by atoms with Gasteiger partial charge in [-0.05, 0) is 43.5 Å². The number of hydrogen-bond acceptors (Lipinski definition) is 7. The number of ether oxygens (including phenoxy) is 2. The molecule has 1 atom stereocenters. The van der Waals surface area contributed by atoms with Crippen LogP contribution in [0.2, 0.25) is 0 Å². The summed E-state index contributed by atoms with van der Waals surface area (Å²) in [5.74, 6) is 0.778. The summed E-state index contributed by atoms with van der Waals surface area (Å²) >= 11 is 0. The van der Waals surface area contributed by atoms with Crippen LogP contribution in [0.3, 0.4) is 0 Å². The fourth-order valence-electron chi connectivity index (χ4n) is 5.39. The van der Waals surface area contributed by atoms with Crippen LogP contribution in [0.15, 0.2) is 42.9 Å². The fraction of sp³-hybridized carbons (Fsp3) is 0.407. The normalized spacial score (nSPS) is 18.2. The average molecular weight is 544 g/mol. The van der Waals surface area contributed by atoms with E-state index < -0.39 is 23.7 Å². The minimum absolute atomic E-state index is 0.0206. The molecule has 2 aliphatic rings. The molecule has 0 saturated carbocycles. The Morgan fingerprint density at radius 3 is 2.38 bits per heavy atom. The number of methoxy groups -OCH3 is 2. The molecular formula is C27H28F3N5O4. The van der Waals surface area contributed by atoms with Crippen molar-refractivity contribution in [1.29, 1.82) is 0 Å². The molecule has 2 aromatic heterocycles. The molecule has 4 heterocycles. The van der Waals surface area contributed by atoms with E-state index in [2.05, 4.69) is 21.8 Å². The lowest BCUT2D eigenvalue weighted by Crippen LogP contribution is -2.48. The van der Waals surface area contributed by atoms with Crippen LogP contribution in [0.5, 0.6) is 11.5 Å². The molecule has 0 aliphatic carbocycles. The Bertz CT molecular complexity index is 1410. The standard InChI is InChI=1S/C27H28F3N5O4/c1-16(20-4-7-32-22-12-24(39-3)23(38-2)11-21(20)22)33-8-5-18(6-9-33)35-25(36)15-34(26(35)37)19-10-17(13-31-14-19)27(28,29)30/h4,7,10-14,16,18H,5-6,8-9,15H2,1-3H3. The molecule has 2 aliphatic heterocycles. The van der Waals surface area contributed by atoms with Gasteiger partial charge in [-0.25, -0.2) is 4.79 Å². The summed E-state index contributed by atoms with van der Waals surface area (Å²) in [7, 11) is 3.16. The highest BCUT2D eigenvalue weighted by Crippen LogP contribution is 2.37. The lowest BCUT2D eigenvalue weighted by atomic mass is 9.97. The quantitative estimate of drug-likeness (QED) is 0.418. The minimum Gasteiger partial charge on any atom is -0.493 e. The third kappa shape index (κ3) is 4.96. The third-order valence-electron chi connectivity index (χ3n) is 7.50. The van der Waals surface area contributed by atoms with Crippen LogP contribution in [0, 0.1) is 0 Å². The minimum atomic E-state index is -4.60. The second-order valence-electron chi connectivity index (χ2n) is 9.63. The Labute approximate surface area is 223 Å². The first kappa shape index (κ1) is 26.7. The molecule has 1 unspecified atom stereocenters.